The van der Waals surface area contributed by atoms with E-state index in [0.717, 1.165) is 32.2 Å². The van der Waals surface area contributed by atoms with Gasteiger partial charge in [-0.05, 0) is 25.0 Å². The van der Waals surface area contributed by atoms with Gasteiger partial charge in [0.25, 0.3) is 0 Å². The number of benzene rings is 1. The number of aryl methyl sites for hydroxylation is 1. The number of nitrogens with zero attached hydrogens (tertiary/aromatic N) is 3. The van der Waals surface area contributed by atoms with Crippen molar-refractivity contribution < 1.29 is 9.21 Å². The van der Waals surface area contributed by atoms with Crippen molar-refractivity contribution in [2.24, 2.45) is 0 Å². The fourth-order valence-electron chi connectivity index (χ4n) is 3.39. The third-order valence-corrected chi connectivity index (χ3v) is 5.14. The summed E-state index contributed by atoms with van der Waals surface area (Å²) in [6, 6.07) is 5.84. The molecule has 6 nitrogen and oxygen atoms in total. The highest BCUT2D eigenvalue weighted by molar-refractivity contribution is 6.31. The van der Waals surface area contributed by atoms with Gasteiger partial charge in [0.2, 0.25) is 5.91 Å². The molecule has 2 fully saturated rings. The van der Waals surface area contributed by atoms with E-state index < -0.39 is 5.76 Å². The lowest BCUT2D eigenvalue weighted by Crippen LogP contribution is -2.49. The van der Waals surface area contributed by atoms with E-state index in [2.05, 4.69) is 4.90 Å². The molecule has 24 heavy (non-hydrogen) atoms. The van der Waals surface area contributed by atoms with Gasteiger partial charge >= 0.3 is 5.76 Å². The molecule has 2 aliphatic rings. The Kier molecular flexibility index (Phi) is 4.10. The first-order valence-corrected chi connectivity index (χ1v) is 8.80. The molecule has 0 spiro atoms. The van der Waals surface area contributed by atoms with E-state index in [1.165, 1.54) is 17.4 Å². The first-order chi connectivity index (χ1) is 11.6. The van der Waals surface area contributed by atoms with Crippen LogP contribution >= 0.6 is 11.6 Å². The van der Waals surface area contributed by atoms with Gasteiger partial charge in [-0.2, -0.15) is 0 Å². The van der Waals surface area contributed by atoms with Crippen molar-refractivity contribution in [2.45, 2.75) is 31.8 Å². The first kappa shape index (κ1) is 15.7. The predicted molar refractivity (Wildman–Crippen MR) is 91.3 cm³/mol. The number of aromatic nitrogens is 1. The number of oxazole rings is 1. The molecule has 2 heterocycles. The van der Waals surface area contributed by atoms with Crippen molar-refractivity contribution >= 4 is 28.6 Å². The SMILES string of the molecule is O=C(CCn1c(=O)oc2cc(Cl)ccc21)N1CCN(C2CC2)CC1. The van der Waals surface area contributed by atoms with Gasteiger partial charge in [-0.15, -0.1) is 0 Å². The number of amides is 1. The molecule has 1 aliphatic heterocycles. The smallest absolute Gasteiger partial charge is 0.408 e. The van der Waals surface area contributed by atoms with Crippen molar-refractivity contribution in [1.29, 1.82) is 0 Å². The van der Waals surface area contributed by atoms with Crippen molar-refractivity contribution in [3.05, 3.63) is 33.8 Å². The molecule has 0 unspecified atom stereocenters. The molecule has 2 aromatic rings. The van der Waals surface area contributed by atoms with Gasteiger partial charge in [0, 0.05) is 56.3 Å². The van der Waals surface area contributed by atoms with Crippen LogP contribution in [0.2, 0.25) is 5.02 Å². The maximum absolute atomic E-state index is 12.4. The number of hydrogen-bond donors (Lipinski definition) is 0. The zero-order valence-corrected chi connectivity index (χ0v) is 14.2. The van der Waals surface area contributed by atoms with Crippen LogP contribution in [0.1, 0.15) is 19.3 Å². The lowest BCUT2D eigenvalue weighted by molar-refractivity contribution is -0.133. The topological polar surface area (TPSA) is 58.7 Å². The largest absolute Gasteiger partial charge is 0.419 e. The van der Waals surface area contributed by atoms with Gasteiger partial charge < -0.3 is 9.32 Å². The van der Waals surface area contributed by atoms with Gasteiger partial charge in [0.05, 0.1) is 5.52 Å². The van der Waals surface area contributed by atoms with Crippen LogP contribution in [-0.4, -0.2) is 52.5 Å². The maximum atomic E-state index is 12.4. The number of rotatable bonds is 4. The number of halogens is 1. The summed E-state index contributed by atoms with van der Waals surface area (Å²) in [4.78, 5) is 28.8. The van der Waals surface area contributed by atoms with E-state index in [-0.39, 0.29) is 5.91 Å². The molecule has 1 aliphatic carbocycles. The fourth-order valence-corrected chi connectivity index (χ4v) is 3.56. The van der Waals surface area contributed by atoms with Crippen molar-refractivity contribution in [2.75, 3.05) is 26.2 Å². The highest BCUT2D eigenvalue weighted by Crippen LogP contribution is 2.27. The summed E-state index contributed by atoms with van der Waals surface area (Å²) in [5.41, 5.74) is 1.13. The average Bonchev–Trinajstić information content (AvgIpc) is 3.37. The lowest BCUT2D eigenvalue weighted by atomic mass is 10.2. The van der Waals surface area contributed by atoms with E-state index in [9.17, 15) is 9.59 Å². The van der Waals surface area contributed by atoms with Crippen LogP contribution in [0.5, 0.6) is 0 Å². The Bertz CT molecular complexity index is 816. The molecule has 1 amide bonds. The minimum absolute atomic E-state index is 0.0978. The predicted octanol–water partition coefficient (Wildman–Crippen LogP) is 1.94. The zero-order chi connectivity index (χ0) is 16.7. The normalized spacial score (nSPS) is 19.1. The molecule has 0 radical (unpaired) electrons. The van der Waals surface area contributed by atoms with Crippen LogP contribution in [0, 0.1) is 0 Å². The van der Waals surface area contributed by atoms with Gasteiger partial charge in [0.15, 0.2) is 5.58 Å². The summed E-state index contributed by atoms with van der Waals surface area (Å²) >= 11 is 5.91. The summed E-state index contributed by atoms with van der Waals surface area (Å²) in [6.45, 7) is 3.82. The van der Waals surface area contributed by atoms with E-state index in [1.54, 1.807) is 18.2 Å². The van der Waals surface area contributed by atoms with Crippen LogP contribution in [-0.2, 0) is 11.3 Å². The Morgan fingerprint density at radius 2 is 1.96 bits per heavy atom. The second kappa shape index (κ2) is 6.26. The number of carbonyl (C=O) groups is 1. The van der Waals surface area contributed by atoms with Gasteiger partial charge in [-0.3, -0.25) is 14.3 Å². The molecular formula is C17H20ClN3O3. The zero-order valence-electron chi connectivity index (χ0n) is 13.4. The summed E-state index contributed by atoms with van der Waals surface area (Å²) < 4.78 is 6.70. The second-order valence-electron chi connectivity index (χ2n) is 6.53. The Morgan fingerprint density at radius 3 is 2.67 bits per heavy atom. The molecule has 1 aromatic carbocycles. The highest BCUT2D eigenvalue weighted by Gasteiger charge is 2.32. The minimum atomic E-state index is -0.446. The first-order valence-electron chi connectivity index (χ1n) is 8.42. The van der Waals surface area contributed by atoms with Gasteiger partial charge in [-0.25, -0.2) is 4.79 Å². The minimum Gasteiger partial charge on any atom is -0.408 e. The third-order valence-electron chi connectivity index (χ3n) is 4.91. The van der Waals surface area contributed by atoms with Gasteiger partial charge in [0.1, 0.15) is 0 Å². The van der Waals surface area contributed by atoms with Crippen molar-refractivity contribution in [1.82, 2.24) is 14.4 Å². The standard InChI is InChI=1S/C17H20ClN3O3/c18-12-1-4-14-15(11-12)24-17(23)21(14)6-5-16(22)20-9-7-19(8-10-20)13-2-3-13/h1,4,11,13H,2-3,5-10H2. The molecule has 128 valence electrons. The van der Waals surface area contributed by atoms with Crippen molar-refractivity contribution in [3.8, 4) is 0 Å². The van der Waals surface area contributed by atoms with Gasteiger partial charge in [-0.1, -0.05) is 11.6 Å². The Labute approximate surface area is 144 Å². The monoisotopic (exact) mass is 349 g/mol. The number of piperazine rings is 1. The summed E-state index contributed by atoms with van der Waals surface area (Å²) in [7, 11) is 0. The molecular weight excluding hydrogens is 330 g/mol. The molecule has 4 rings (SSSR count). The number of hydrogen-bond acceptors (Lipinski definition) is 4. The third kappa shape index (κ3) is 3.08. The fraction of sp³-hybridized carbons (Fsp3) is 0.529. The van der Waals surface area contributed by atoms with E-state index in [4.69, 9.17) is 16.0 Å². The highest BCUT2D eigenvalue weighted by atomic mass is 35.5. The Morgan fingerprint density at radius 1 is 1.21 bits per heavy atom. The maximum Gasteiger partial charge on any atom is 0.419 e. The molecule has 0 N–H and O–H groups in total. The molecule has 1 saturated heterocycles. The van der Waals surface area contributed by atoms with E-state index in [0.29, 0.717) is 29.1 Å². The molecule has 0 atom stereocenters. The second-order valence-corrected chi connectivity index (χ2v) is 6.97. The summed E-state index contributed by atoms with van der Waals surface area (Å²) in [6.07, 6.45) is 2.91. The molecule has 7 heteroatoms. The molecule has 1 saturated carbocycles. The van der Waals surface area contributed by atoms with E-state index in [1.807, 2.05) is 4.90 Å². The van der Waals surface area contributed by atoms with Crippen LogP contribution in [0.4, 0.5) is 0 Å². The van der Waals surface area contributed by atoms with Crippen LogP contribution in [0.25, 0.3) is 11.1 Å². The Hall–Kier alpha value is -1.79. The molecule has 0 bridgehead atoms. The van der Waals surface area contributed by atoms with Crippen molar-refractivity contribution in [3.63, 3.8) is 0 Å². The summed E-state index contributed by atoms with van der Waals surface area (Å²) in [5.74, 6) is -0.348. The van der Waals surface area contributed by atoms with Crippen LogP contribution in [0.3, 0.4) is 0 Å². The Balaban J connectivity index is 1.39. The summed E-state index contributed by atoms with van der Waals surface area (Å²) in [5, 5.41) is 0.521. The van der Waals surface area contributed by atoms with Crippen LogP contribution in [0.15, 0.2) is 27.4 Å². The average molecular weight is 350 g/mol. The molecule has 1 aromatic heterocycles. The lowest BCUT2D eigenvalue weighted by Gasteiger charge is -2.34. The number of fused-ring (bicyclic) bond motifs is 1. The van der Waals surface area contributed by atoms with E-state index >= 15 is 0 Å². The quantitative estimate of drug-likeness (QED) is 0.846. The van der Waals surface area contributed by atoms with Crippen LogP contribution < -0.4 is 5.76 Å². The number of carbonyl (C=O) groups excluding carboxylic acids is 1.